The van der Waals surface area contributed by atoms with E-state index in [9.17, 15) is 14.4 Å². The molecule has 0 radical (unpaired) electrons. The summed E-state index contributed by atoms with van der Waals surface area (Å²) in [5, 5.41) is 22.9. The summed E-state index contributed by atoms with van der Waals surface area (Å²) in [7, 11) is 1.55. The van der Waals surface area contributed by atoms with Crippen LogP contribution in [0, 0.1) is 0 Å². The minimum absolute atomic E-state index is 0.275. The van der Waals surface area contributed by atoms with Crippen molar-refractivity contribution >= 4 is 51.8 Å². The molecule has 0 aliphatic carbocycles. The van der Waals surface area contributed by atoms with Gasteiger partial charge in [-0.3, -0.25) is 14.4 Å². The van der Waals surface area contributed by atoms with Crippen LogP contribution in [0.2, 0.25) is 0 Å². The number of carbonyl (C=O) groups excluding carboxylic acids is 3. The average Bonchev–Trinajstić information content (AvgIpc) is 3.16. The van der Waals surface area contributed by atoms with E-state index in [1.54, 1.807) is 25.2 Å². The van der Waals surface area contributed by atoms with E-state index < -0.39 is 0 Å². The fourth-order valence-corrected chi connectivity index (χ4v) is 6.22. The second-order valence-corrected chi connectivity index (χ2v) is 13.5. The molecule has 284 valence electrons. The maximum absolute atomic E-state index is 13.9. The molecule has 0 aliphatic heterocycles. The van der Waals surface area contributed by atoms with E-state index in [2.05, 4.69) is 92.6 Å². The van der Waals surface area contributed by atoms with Gasteiger partial charge in [0, 0.05) is 82.0 Å². The van der Waals surface area contributed by atoms with Gasteiger partial charge in [-0.15, -0.1) is 0 Å². The first-order valence-corrected chi connectivity index (χ1v) is 19.4. The molecule has 0 bridgehead atoms. The third-order valence-corrected chi connectivity index (χ3v) is 9.75. The molecule has 0 saturated carbocycles. The van der Waals surface area contributed by atoms with E-state index in [0.29, 0.717) is 28.1 Å². The van der Waals surface area contributed by atoms with Gasteiger partial charge < -0.3 is 37.2 Å². The molecule has 0 heterocycles. The Hall–Kier alpha value is -4.73. The van der Waals surface area contributed by atoms with Crippen molar-refractivity contribution in [3.63, 3.8) is 0 Å². The number of carbonyl (C=O) groups is 3. The Kier molecular flexibility index (Phi) is 16.8. The standard InChI is InChI=1S/C42H63N7O3/c1-10-30(11-2)44-34-20-28(21-35(24-34)45-31(12-3)13-4)41(51)48-38-18-27(40(50)43-9)19-39(26-38)49-42(52)29-22-36(46-32(14-5)15-6)25-37(23-29)47-33(16-7)17-8/h18-26,30-33,44-47H,10-17H2,1-9H3,(H,43,50)(H,48,51)(H,49,52). The van der Waals surface area contributed by atoms with E-state index in [-0.39, 0.29) is 41.9 Å². The summed E-state index contributed by atoms with van der Waals surface area (Å²) in [6, 6.07) is 17.5. The van der Waals surface area contributed by atoms with Gasteiger partial charge in [-0.1, -0.05) is 55.4 Å². The fraction of sp³-hybridized carbons (Fsp3) is 0.500. The molecule has 0 aromatic heterocycles. The minimum atomic E-state index is -0.340. The van der Waals surface area contributed by atoms with Crippen LogP contribution in [0.25, 0.3) is 0 Å². The third kappa shape index (κ3) is 12.2. The molecule has 3 aromatic carbocycles. The zero-order valence-electron chi connectivity index (χ0n) is 32.9. The first kappa shape index (κ1) is 41.7. The maximum atomic E-state index is 13.9. The van der Waals surface area contributed by atoms with Crippen molar-refractivity contribution in [2.45, 2.75) is 131 Å². The van der Waals surface area contributed by atoms with Crippen molar-refractivity contribution < 1.29 is 14.4 Å². The van der Waals surface area contributed by atoms with Crippen LogP contribution in [-0.2, 0) is 0 Å². The van der Waals surface area contributed by atoms with Gasteiger partial charge in [-0.05, 0) is 106 Å². The van der Waals surface area contributed by atoms with Gasteiger partial charge in [-0.25, -0.2) is 0 Å². The highest BCUT2D eigenvalue weighted by Gasteiger charge is 2.18. The predicted molar refractivity (Wildman–Crippen MR) is 221 cm³/mol. The van der Waals surface area contributed by atoms with Crippen molar-refractivity contribution in [3.8, 4) is 0 Å². The quantitative estimate of drug-likeness (QED) is 0.0584. The number of amides is 3. The zero-order valence-corrected chi connectivity index (χ0v) is 32.9. The summed E-state index contributed by atoms with van der Waals surface area (Å²) in [5.74, 6) is -0.999. The van der Waals surface area contributed by atoms with E-state index in [0.717, 1.165) is 74.1 Å². The molecule has 0 atom stereocenters. The van der Waals surface area contributed by atoms with Gasteiger partial charge >= 0.3 is 0 Å². The lowest BCUT2D eigenvalue weighted by atomic mass is 10.1. The van der Waals surface area contributed by atoms with E-state index in [4.69, 9.17) is 0 Å². The summed E-state index contributed by atoms with van der Waals surface area (Å²) in [6.07, 6.45) is 7.65. The van der Waals surface area contributed by atoms with Crippen molar-refractivity contribution in [1.82, 2.24) is 5.32 Å². The van der Waals surface area contributed by atoms with Crippen molar-refractivity contribution in [1.29, 1.82) is 0 Å². The zero-order chi connectivity index (χ0) is 38.2. The highest BCUT2D eigenvalue weighted by molar-refractivity contribution is 6.09. The first-order chi connectivity index (χ1) is 25.0. The molecular weight excluding hydrogens is 651 g/mol. The molecule has 10 nitrogen and oxygen atoms in total. The van der Waals surface area contributed by atoms with Gasteiger partial charge in [-0.2, -0.15) is 0 Å². The number of anilines is 6. The molecule has 3 amide bonds. The molecule has 10 heteroatoms. The molecule has 7 N–H and O–H groups in total. The smallest absolute Gasteiger partial charge is 0.255 e. The van der Waals surface area contributed by atoms with Crippen LogP contribution in [0.5, 0.6) is 0 Å². The number of hydrogen-bond acceptors (Lipinski definition) is 7. The van der Waals surface area contributed by atoms with Crippen LogP contribution in [0.4, 0.5) is 34.1 Å². The van der Waals surface area contributed by atoms with Crippen molar-refractivity contribution in [3.05, 3.63) is 71.3 Å². The Morgan fingerprint density at radius 2 is 0.615 bits per heavy atom. The molecule has 0 unspecified atom stereocenters. The highest BCUT2D eigenvalue weighted by Crippen LogP contribution is 2.27. The van der Waals surface area contributed by atoms with Crippen molar-refractivity contribution in [2.24, 2.45) is 0 Å². The summed E-state index contributed by atoms with van der Waals surface area (Å²) < 4.78 is 0. The number of hydrogen-bond donors (Lipinski definition) is 7. The van der Waals surface area contributed by atoms with E-state index in [1.807, 2.05) is 36.4 Å². The monoisotopic (exact) mass is 713 g/mol. The average molecular weight is 714 g/mol. The lowest BCUT2D eigenvalue weighted by Crippen LogP contribution is -2.22. The van der Waals surface area contributed by atoms with Crippen LogP contribution in [0.3, 0.4) is 0 Å². The molecule has 0 saturated heterocycles. The molecule has 3 rings (SSSR count). The first-order valence-electron chi connectivity index (χ1n) is 19.4. The number of nitrogens with one attached hydrogen (secondary N) is 7. The summed E-state index contributed by atoms with van der Waals surface area (Å²) in [5.41, 5.74) is 5.46. The lowest BCUT2D eigenvalue weighted by molar-refractivity contribution is 0.0960. The normalized spacial score (nSPS) is 11.2. The third-order valence-electron chi connectivity index (χ3n) is 9.75. The number of rotatable bonds is 21. The van der Waals surface area contributed by atoms with Gasteiger partial charge in [0.2, 0.25) is 0 Å². The van der Waals surface area contributed by atoms with Gasteiger partial charge in [0.25, 0.3) is 17.7 Å². The second kappa shape index (κ2) is 21.0. The Balaban J connectivity index is 1.98. The van der Waals surface area contributed by atoms with E-state index >= 15 is 0 Å². The van der Waals surface area contributed by atoms with Crippen LogP contribution in [-0.4, -0.2) is 48.9 Å². The lowest BCUT2D eigenvalue weighted by Gasteiger charge is -2.21. The van der Waals surface area contributed by atoms with Crippen LogP contribution >= 0.6 is 0 Å². The molecular formula is C42H63N7O3. The van der Waals surface area contributed by atoms with Crippen LogP contribution in [0.1, 0.15) is 138 Å². The summed E-state index contributed by atoms with van der Waals surface area (Å²) in [4.78, 5) is 40.6. The summed E-state index contributed by atoms with van der Waals surface area (Å²) >= 11 is 0. The minimum Gasteiger partial charge on any atom is -0.382 e. The van der Waals surface area contributed by atoms with Crippen LogP contribution < -0.4 is 37.2 Å². The Morgan fingerprint density at radius 1 is 0.385 bits per heavy atom. The molecule has 0 aliphatic rings. The molecule has 0 fully saturated rings. The SMILES string of the molecule is CCC(CC)Nc1cc(NC(CC)CC)cc(C(=O)Nc2cc(NC(=O)c3cc(NC(CC)CC)cc(NC(CC)CC)c3)cc(C(=O)NC)c2)c1. The highest BCUT2D eigenvalue weighted by atomic mass is 16.2. The predicted octanol–water partition coefficient (Wildman–Crippen LogP) is 9.95. The Labute approximate surface area is 312 Å². The molecule has 0 spiro atoms. The molecule has 3 aromatic rings. The fourth-order valence-electron chi connectivity index (χ4n) is 6.22. The van der Waals surface area contributed by atoms with Crippen molar-refractivity contribution in [2.75, 3.05) is 38.9 Å². The van der Waals surface area contributed by atoms with E-state index in [1.165, 1.54) is 0 Å². The van der Waals surface area contributed by atoms with Gasteiger partial charge in [0.1, 0.15) is 0 Å². The summed E-state index contributed by atoms with van der Waals surface area (Å²) in [6.45, 7) is 17.1. The maximum Gasteiger partial charge on any atom is 0.255 e. The Morgan fingerprint density at radius 3 is 0.865 bits per heavy atom. The largest absolute Gasteiger partial charge is 0.382 e. The van der Waals surface area contributed by atoms with Gasteiger partial charge in [0.05, 0.1) is 0 Å². The Bertz CT molecular complexity index is 1440. The topological polar surface area (TPSA) is 135 Å². The van der Waals surface area contributed by atoms with Gasteiger partial charge in [0.15, 0.2) is 0 Å². The van der Waals surface area contributed by atoms with Crippen LogP contribution in [0.15, 0.2) is 54.6 Å². The number of benzene rings is 3. The second-order valence-electron chi connectivity index (χ2n) is 13.5. The molecule has 52 heavy (non-hydrogen) atoms.